The third-order valence-electron chi connectivity index (χ3n) is 8.23. The van der Waals surface area contributed by atoms with E-state index in [9.17, 15) is 0 Å². The molecule has 44 heavy (non-hydrogen) atoms. The Hall–Kier alpha value is -5.28. The highest BCUT2D eigenvalue weighted by molar-refractivity contribution is 6.11. The Morgan fingerprint density at radius 2 is 1.30 bits per heavy atom. The van der Waals surface area contributed by atoms with Gasteiger partial charge in [-0.05, 0) is 50.2 Å². The Bertz CT molecular complexity index is 2090. The van der Waals surface area contributed by atoms with Crippen molar-refractivity contribution in [3.05, 3.63) is 126 Å². The molecular formula is C35H30N8O. The van der Waals surface area contributed by atoms with Gasteiger partial charge in [0.15, 0.2) is 0 Å². The van der Waals surface area contributed by atoms with Crippen LogP contribution in [0.15, 0.2) is 104 Å². The van der Waals surface area contributed by atoms with Gasteiger partial charge in [0.2, 0.25) is 0 Å². The summed E-state index contributed by atoms with van der Waals surface area (Å²) in [6.07, 6.45) is 5.68. The lowest BCUT2D eigenvalue weighted by molar-refractivity contribution is 0.0945. The largest absolute Gasteiger partial charge is 0.484 e. The van der Waals surface area contributed by atoms with Crippen molar-refractivity contribution in [1.82, 2.24) is 39.8 Å². The summed E-state index contributed by atoms with van der Waals surface area (Å²) in [6, 6.07) is 28.0. The van der Waals surface area contributed by atoms with E-state index in [1.54, 1.807) is 0 Å². The summed E-state index contributed by atoms with van der Waals surface area (Å²) in [6.45, 7) is 6.09. The van der Waals surface area contributed by atoms with Gasteiger partial charge in [-0.15, -0.1) is 5.10 Å². The van der Waals surface area contributed by atoms with Gasteiger partial charge in [-0.1, -0.05) is 53.7 Å². The number of fused-ring (bicyclic) bond motifs is 7. The quantitative estimate of drug-likeness (QED) is 0.161. The first-order valence-electron chi connectivity index (χ1n) is 14.8. The number of ether oxygens (including phenoxy) is 1. The highest BCUT2D eigenvalue weighted by Gasteiger charge is 2.46. The average Bonchev–Trinajstić information content (AvgIpc) is 3.61. The Morgan fingerprint density at radius 3 is 1.95 bits per heavy atom. The number of rotatable bonds is 7. The van der Waals surface area contributed by atoms with Crippen LogP contribution < -0.4 is 4.74 Å². The van der Waals surface area contributed by atoms with Gasteiger partial charge in [0, 0.05) is 42.8 Å². The zero-order valence-electron chi connectivity index (χ0n) is 24.5. The molecule has 9 nitrogen and oxygen atoms in total. The lowest BCUT2D eigenvalue weighted by atomic mass is 9.91. The topological polar surface area (TPSA) is 94.7 Å². The van der Waals surface area contributed by atoms with Gasteiger partial charge in [0.1, 0.15) is 17.4 Å². The second-order valence-corrected chi connectivity index (χ2v) is 11.8. The van der Waals surface area contributed by atoms with Crippen LogP contribution in [0.1, 0.15) is 42.5 Å². The standard InChI is InChI=1S/C35H30N8O/c1-35(2)34(30-32-31(38-28-15-5-6-16-29(28)39-32)26-13-3-4-14-27(26)33(30)44-35)43-22-25(40-41-43)21-42(19-23-11-7-9-17-36-23)20-24-12-8-10-18-37-24/h3-18,22,34H,19-21H2,1-2H3. The van der Waals surface area contributed by atoms with Crippen LogP contribution in [-0.2, 0) is 19.6 Å². The van der Waals surface area contributed by atoms with E-state index >= 15 is 0 Å². The number of hydrogen-bond donors (Lipinski definition) is 0. The number of pyridine rings is 2. The van der Waals surface area contributed by atoms with Crippen LogP contribution in [0.5, 0.6) is 5.75 Å². The van der Waals surface area contributed by atoms with Crippen LogP contribution in [-0.4, -0.2) is 45.4 Å². The minimum absolute atomic E-state index is 0.263. The lowest BCUT2D eigenvalue weighted by Gasteiger charge is -2.26. The molecule has 0 spiro atoms. The van der Waals surface area contributed by atoms with Gasteiger partial charge >= 0.3 is 0 Å². The van der Waals surface area contributed by atoms with Gasteiger partial charge in [0.25, 0.3) is 0 Å². The Balaban J connectivity index is 1.21. The molecule has 5 heterocycles. The summed E-state index contributed by atoms with van der Waals surface area (Å²) in [7, 11) is 0. The van der Waals surface area contributed by atoms with Gasteiger partial charge in [-0.2, -0.15) is 0 Å². The molecule has 7 aromatic rings. The highest BCUT2D eigenvalue weighted by atomic mass is 16.5. The lowest BCUT2D eigenvalue weighted by Crippen LogP contribution is -2.35. The molecule has 3 aromatic carbocycles. The first-order chi connectivity index (χ1) is 21.5. The molecule has 1 aliphatic rings. The van der Waals surface area contributed by atoms with Crippen LogP contribution in [0.4, 0.5) is 0 Å². The summed E-state index contributed by atoms with van der Waals surface area (Å²) in [4.78, 5) is 21.7. The predicted octanol–water partition coefficient (Wildman–Crippen LogP) is 6.28. The summed E-state index contributed by atoms with van der Waals surface area (Å²) < 4.78 is 8.70. The molecule has 0 saturated heterocycles. The van der Waals surface area contributed by atoms with Crippen molar-refractivity contribution in [2.75, 3.05) is 0 Å². The molecule has 0 saturated carbocycles. The molecule has 8 rings (SSSR count). The number of nitrogens with zero attached hydrogens (tertiary/aromatic N) is 8. The fourth-order valence-electron chi connectivity index (χ4n) is 6.35. The molecule has 1 unspecified atom stereocenters. The molecule has 216 valence electrons. The van der Waals surface area contributed by atoms with E-state index in [0.717, 1.165) is 61.2 Å². The molecular weight excluding hydrogens is 548 g/mol. The minimum Gasteiger partial charge on any atom is -0.484 e. The summed E-state index contributed by atoms with van der Waals surface area (Å²) in [5, 5.41) is 11.4. The number of benzene rings is 3. The zero-order valence-corrected chi connectivity index (χ0v) is 24.5. The first-order valence-corrected chi connectivity index (χ1v) is 14.8. The van der Waals surface area contributed by atoms with E-state index in [-0.39, 0.29) is 6.04 Å². The zero-order chi connectivity index (χ0) is 29.7. The number of aromatic nitrogens is 7. The van der Waals surface area contributed by atoms with Crippen molar-refractivity contribution in [3.63, 3.8) is 0 Å². The maximum atomic E-state index is 6.76. The number of para-hydroxylation sites is 2. The van der Waals surface area contributed by atoms with Crippen molar-refractivity contribution >= 4 is 32.8 Å². The molecule has 9 heteroatoms. The van der Waals surface area contributed by atoms with Crippen LogP contribution in [0, 0.1) is 0 Å². The normalized spacial score (nSPS) is 15.7. The Labute approximate surface area is 254 Å². The average molecular weight is 579 g/mol. The smallest absolute Gasteiger partial charge is 0.135 e. The monoisotopic (exact) mass is 578 g/mol. The van der Waals surface area contributed by atoms with Crippen LogP contribution in [0.25, 0.3) is 32.8 Å². The molecule has 0 N–H and O–H groups in total. The fourth-order valence-corrected chi connectivity index (χ4v) is 6.35. The van der Waals surface area contributed by atoms with E-state index in [2.05, 4.69) is 51.2 Å². The van der Waals surface area contributed by atoms with Crippen LogP contribution >= 0.6 is 0 Å². The van der Waals surface area contributed by atoms with E-state index in [1.165, 1.54) is 0 Å². The molecule has 1 atom stereocenters. The summed E-state index contributed by atoms with van der Waals surface area (Å²) in [5.74, 6) is 0.830. The minimum atomic E-state index is -0.612. The molecule has 0 fully saturated rings. The summed E-state index contributed by atoms with van der Waals surface area (Å²) in [5.41, 5.74) is 6.60. The molecule has 0 aliphatic carbocycles. The molecule has 4 aromatic heterocycles. The Kier molecular flexibility index (Phi) is 6.27. The molecule has 1 aliphatic heterocycles. The third-order valence-corrected chi connectivity index (χ3v) is 8.23. The van der Waals surface area contributed by atoms with E-state index in [1.807, 2.05) is 96.1 Å². The number of hydrogen-bond acceptors (Lipinski definition) is 8. The maximum Gasteiger partial charge on any atom is 0.135 e. The molecule has 0 bridgehead atoms. The van der Waals surface area contributed by atoms with Gasteiger partial charge in [-0.25, -0.2) is 14.6 Å². The third kappa shape index (κ3) is 4.62. The van der Waals surface area contributed by atoms with Gasteiger partial charge in [0.05, 0.1) is 50.9 Å². The van der Waals surface area contributed by atoms with Crippen molar-refractivity contribution in [1.29, 1.82) is 0 Å². The van der Waals surface area contributed by atoms with Gasteiger partial charge < -0.3 is 4.74 Å². The van der Waals surface area contributed by atoms with Crippen LogP contribution in [0.2, 0.25) is 0 Å². The van der Waals surface area contributed by atoms with Crippen LogP contribution in [0.3, 0.4) is 0 Å². The van der Waals surface area contributed by atoms with Crippen molar-refractivity contribution in [3.8, 4) is 5.75 Å². The van der Waals surface area contributed by atoms with Crippen molar-refractivity contribution in [2.45, 2.75) is 45.1 Å². The maximum absolute atomic E-state index is 6.76. The van der Waals surface area contributed by atoms with Crippen molar-refractivity contribution in [2.24, 2.45) is 0 Å². The summed E-state index contributed by atoms with van der Waals surface area (Å²) >= 11 is 0. The predicted molar refractivity (Wildman–Crippen MR) is 169 cm³/mol. The second kappa shape index (κ2) is 10.5. The van der Waals surface area contributed by atoms with Gasteiger partial charge in [-0.3, -0.25) is 14.9 Å². The first kappa shape index (κ1) is 26.4. The van der Waals surface area contributed by atoms with E-state index in [0.29, 0.717) is 19.6 Å². The van der Waals surface area contributed by atoms with E-state index < -0.39 is 5.60 Å². The van der Waals surface area contributed by atoms with E-state index in [4.69, 9.17) is 14.7 Å². The van der Waals surface area contributed by atoms with Crippen molar-refractivity contribution < 1.29 is 4.74 Å². The molecule has 0 radical (unpaired) electrons. The fraction of sp³-hybridized carbons (Fsp3) is 0.200. The molecule has 0 amide bonds. The second-order valence-electron chi connectivity index (χ2n) is 11.8. The SMILES string of the molecule is CC1(C)Oc2c(c3nc4ccccc4nc3c3ccccc23)C1n1cc(CN(Cc2ccccn2)Cc2ccccn2)nn1. The Morgan fingerprint density at radius 1 is 0.705 bits per heavy atom. The highest BCUT2D eigenvalue weighted by Crippen LogP contribution is 2.51.